The molecule has 1 aliphatic carbocycles. The molecule has 29 heavy (non-hydrogen) atoms. The van der Waals surface area contributed by atoms with Gasteiger partial charge in [0.15, 0.2) is 0 Å². The van der Waals surface area contributed by atoms with Gasteiger partial charge in [-0.05, 0) is 37.1 Å². The Kier molecular flexibility index (Phi) is 6.21. The van der Waals surface area contributed by atoms with Gasteiger partial charge in [0, 0.05) is 6.07 Å². The summed E-state index contributed by atoms with van der Waals surface area (Å²) in [4.78, 5) is 36.7. The minimum Gasteiger partial charge on any atom is -0.481 e. The number of anilines is 2. The van der Waals surface area contributed by atoms with Crippen LogP contribution in [0.5, 0.6) is 0 Å². The van der Waals surface area contributed by atoms with Crippen LogP contribution < -0.4 is 10.6 Å². The highest BCUT2D eigenvalue weighted by atomic mass is 19.1. The quantitative estimate of drug-likeness (QED) is 0.703. The minimum absolute atomic E-state index is 0.0762. The molecule has 0 bridgehead atoms. The maximum absolute atomic E-state index is 13.8. The van der Waals surface area contributed by atoms with Crippen LogP contribution in [0.3, 0.4) is 0 Å². The number of rotatable bonds is 5. The van der Waals surface area contributed by atoms with Crippen molar-refractivity contribution in [2.75, 3.05) is 10.6 Å². The molecule has 2 amide bonds. The second-order valence-corrected chi connectivity index (χ2v) is 6.95. The normalized spacial score (nSPS) is 18.7. The SMILES string of the molecule is O=C(Nc1ccc(F)cc1F)c1ccccc1NC(=O)[C@@H]1CCCC[C@@H]1C(=O)O. The average molecular weight is 402 g/mol. The smallest absolute Gasteiger partial charge is 0.307 e. The van der Waals surface area contributed by atoms with E-state index in [1.807, 2.05) is 0 Å². The van der Waals surface area contributed by atoms with Crippen molar-refractivity contribution in [1.29, 1.82) is 0 Å². The highest BCUT2D eigenvalue weighted by Gasteiger charge is 2.36. The van der Waals surface area contributed by atoms with E-state index in [1.54, 1.807) is 12.1 Å². The summed E-state index contributed by atoms with van der Waals surface area (Å²) in [6.45, 7) is 0. The van der Waals surface area contributed by atoms with E-state index in [0.29, 0.717) is 18.9 Å². The molecule has 0 heterocycles. The van der Waals surface area contributed by atoms with Gasteiger partial charge < -0.3 is 15.7 Å². The lowest BCUT2D eigenvalue weighted by atomic mass is 9.78. The summed E-state index contributed by atoms with van der Waals surface area (Å²) < 4.78 is 26.9. The van der Waals surface area contributed by atoms with Gasteiger partial charge in [-0.25, -0.2) is 8.78 Å². The molecule has 0 unspecified atom stereocenters. The second kappa shape index (κ2) is 8.81. The van der Waals surface area contributed by atoms with Crippen molar-refractivity contribution in [2.45, 2.75) is 25.7 Å². The number of aliphatic carboxylic acids is 1. The van der Waals surface area contributed by atoms with Gasteiger partial charge in [-0.15, -0.1) is 0 Å². The van der Waals surface area contributed by atoms with Crippen molar-refractivity contribution in [3.05, 3.63) is 59.7 Å². The van der Waals surface area contributed by atoms with Crippen LogP contribution in [0.4, 0.5) is 20.2 Å². The number of carboxylic acid groups (broad SMARTS) is 1. The third-order valence-corrected chi connectivity index (χ3v) is 5.03. The zero-order valence-electron chi connectivity index (χ0n) is 15.5. The van der Waals surface area contributed by atoms with Crippen LogP contribution in [0.15, 0.2) is 42.5 Å². The molecule has 1 fully saturated rings. The third kappa shape index (κ3) is 4.77. The van der Waals surface area contributed by atoms with Crippen LogP contribution in [0.2, 0.25) is 0 Å². The Morgan fingerprint density at radius 1 is 0.897 bits per heavy atom. The number of para-hydroxylation sites is 1. The molecule has 1 aliphatic rings. The average Bonchev–Trinajstić information content (AvgIpc) is 2.70. The number of hydrogen-bond donors (Lipinski definition) is 3. The van der Waals surface area contributed by atoms with Crippen LogP contribution >= 0.6 is 0 Å². The molecule has 6 nitrogen and oxygen atoms in total. The fourth-order valence-electron chi connectivity index (χ4n) is 3.54. The molecule has 0 aromatic heterocycles. The molecule has 3 N–H and O–H groups in total. The fraction of sp³-hybridized carbons (Fsp3) is 0.286. The lowest BCUT2D eigenvalue weighted by molar-refractivity contribution is -0.147. The first-order valence-corrected chi connectivity index (χ1v) is 9.26. The van der Waals surface area contributed by atoms with Crippen LogP contribution in [0.1, 0.15) is 36.0 Å². The molecule has 1 saturated carbocycles. The first kappa shape index (κ1) is 20.4. The molecule has 3 rings (SSSR count). The molecule has 0 saturated heterocycles. The summed E-state index contributed by atoms with van der Waals surface area (Å²) in [5, 5.41) is 14.4. The Morgan fingerprint density at radius 3 is 2.28 bits per heavy atom. The molecule has 2 aromatic rings. The number of carbonyl (C=O) groups excluding carboxylic acids is 2. The van der Waals surface area contributed by atoms with E-state index in [4.69, 9.17) is 0 Å². The lowest BCUT2D eigenvalue weighted by Crippen LogP contribution is -2.36. The Bertz CT molecular complexity index is 948. The number of carboxylic acids is 1. The number of carbonyl (C=O) groups is 3. The van der Waals surface area contributed by atoms with E-state index in [2.05, 4.69) is 10.6 Å². The Balaban J connectivity index is 1.78. The Labute approximate surface area is 165 Å². The maximum Gasteiger partial charge on any atom is 0.307 e. The van der Waals surface area contributed by atoms with Crippen LogP contribution in [-0.4, -0.2) is 22.9 Å². The highest BCUT2D eigenvalue weighted by molar-refractivity contribution is 6.10. The van der Waals surface area contributed by atoms with Crippen molar-refractivity contribution in [3.63, 3.8) is 0 Å². The number of hydrogen-bond acceptors (Lipinski definition) is 3. The van der Waals surface area contributed by atoms with Gasteiger partial charge in [0.1, 0.15) is 11.6 Å². The van der Waals surface area contributed by atoms with E-state index in [1.165, 1.54) is 12.1 Å². The fourth-order valence-corrected chi connectivity index (χ4v) is 3.54. The van der Waals surface area contributed by atoms with Gasteiger partial charge in [-0.2, -0.15) is 0 Å². The number of amides is 2. The molecule has 0 spiro atoms. The predicted octanol–water partition coefficient (Wildman–Crippen LogP) is 4.05. The van der Waals surface area contributed by atoms with Crippen molar-refractivity contribution >= 4 is 29.2 Å². The molecular formula is C21H20F2N2O4. The van der Waals surface area contributed by atoms with Crippen molar-refractivity contribution in [1.82, 2.24) is 0 Å². The number of nitrogens with one attached hydrogen (secondary N) is 2. The van der Waals surface area contributed by atoms with E-state index in [0.717, 1.165) is 25.0 Å². The van der Waals surface area contributed by atoms with Crippen molar-refractivity contribution < 1.29 is 28.3 Å². The first-order chi connectivity index (χ1) is 13.9. The van der Waals surface area contributed by atoms with Gasteiger partial charge in [-0.1, -0.05) is 25.0 Å². The van der Waals surface area contributed by atoms with Crippen molar-refractivity contribution in [3.8, 4) is 0 Å². The Hall–Kier alpha value is -3.29. The summed E-state index contributed by atoms with van der Waals surface area (Å²) in [6, 6.07) is 8.91. The maximum atomic E-state index is 13.8. The van der Waals surface area contributed by atoms with E-state index in [9.17, 15) is 28.3 Å². The first-order valence-electron chi connectivity index (χ1n) is 9.26. The van der Waals surface area contributed by atoms with Crippen molar-refractivity contribution in [2.24, 2.45) is 11.8 Å². The summed E-state index contributed by atoms with van der Waals surface area (Å²) in [5.41, 5.74) is 0.0650. The summed E-state index contributed by atoms with van der Waals surface area (Å²) in [7, 11) is 0. The molecule has 2 atom stereocenters. The molecule has 0 radical (unpaired) electrons. The lowest BCUT2D eigenvalue weighted by Gasteiger charge is -2.27. The zero-order valence-corrected chi connectivity index (χ0v) is 15.5. The predicted molar refractivity (Wildman–Crippen MR) is 102 cm³/mol. The van der Waals surface area contributed by atoms with E-state index < -0.39 is 41.3 Å². The molecule has 8 heteroatoms. The van der Waals surface area contributed by atoms with Gasteiger partial charge >= 0.3 is 5.97 Å². The monoisotopic (exact) mass is 402 g/mol. The summed E-state index contributed by atoms with van der Waals surface area (Å²) in [6.07, 6.45) is 2.40. The Morgan fingerprint density at radius 2 is 1.59 bits per heavy atom. The molecule has 152 valence electrons. The zero-order chi connectivity index (χ0) is 21.0. The number of halogens is 2. The van der Waals surface area contributed by atoms with Gasteiger partial charge in [0.2, 0.25) is 5.91 Å². The highest BCUT2D eigenvalue weighted by Crippen LogP contribution is 2.31. The standard InChI is InChI=1S/C21H20F2N2O4/c22-12-9-10-18(16(23)11-12)25-20(27)15-7-3-4-8-17(15)24-19(26)13-5-1-2-6-14(13)21(28)29/h3-4,7-11,13-14H,1-2,5-6H2,(H,24,26)(H,25,27)(H,28,29)/t13-,14+/m1/s1. The van der Waals surface area contributed by atoms with Gasteiger partial charge in [0.05, 0.1) is 28.8 Å². The number of benzene rings is 2. The molecule has 0 aliphatic heterocycles. The summed E-state index contributed by atoms with van der Waals surface area (Å²) in [5.74, 6) is -5.32. The second-order valence-electron chi connectivity index (χ2n) is 6.95. The van der Waals surface area contributed by atoms with Gasteiger partial charge in [-0.3, -0.25) is 14.4 Å². The molecule has 2 aromatic carbocycles. The van der Waals surface area contributed by atoms with Crippen LogP contribution in [0.25, 0.3) is 0 Å². The van der Waals surface area contributed by atoms with Crippen LogP contribution in [0, 0.1) is 23.5 Å². The van der Waals surface area contributed by atoms with E-state index >= 15 is 0 Å². The minimum atomic E-state index is -1.01. The third-order valence-electron chi connectivity index (χ3n) is 5.03. The summed E-state index contributed by atoms with van der Waals surface area (Å²) >= 11 is 0. The van der Waals surface area contributed by atoms with E-state index in [-0.39, 0.29) is 16.9 Å². The topological polar surface area (TPSA) is 95.5 Å². The van der Waals surface area contributed by atoms with Crippen LogP contribution in [-0.2, 0) is 9.59 Å². The largest absolute Gasteiger partial charge is 0.481 e. The molecular weight excluding hydrogens is 382 g/mol. The van der Waals surface area contributed by atoms with Gasteiger partial charge in [0.25, 0.3) is 5.91 Å².